The molecule has 0 saturated carbocycles. The minimum Gasteiger partial charge on any atom is -0.300 e. The largest absolute Gasteiger partial charge is 0.331 e. The van der Waals surface area contributed by atoms with Gasteiger partial charge in [-0.25, -0.2) is 4.79 Å². The summed E-state index contributed by atoms with van der Waals surface area (Å²) in [6.07, 6.45) is 2.24. The second kappa shape index (κ2) is 6.67. The maximum absolute atomic E-state index is 12.3. The highest BCUT2D eigenvalue weighted by atomic mass is 79.9. The van der Waals surface area contributed by atoms with Crippen LogP contribution >= 0.6 is 15.9 Å². The molecule has 0 unspecified atom stereocenters. The fraction of sp³-hybridized carbons (Fsp3) is 0.267. The summed E-state index contributed by atoms with van der Waals surface area (Å²) in [6.45, 7) is 2.20. The molecule has 0 spiro atoms. The second-order valence-corrected chi connectivity index (χ2v) is 5.47. The predicted molar refractivity (Wildman–Crippen MR) is 83.7 cm³/mol. The zero-order valence-corrected chi connectivity index (χ0v) is 13.2. The molecule has 0 amide bonds. The third-order valence-corrected chi connectivity index (χ3v) is 3.77. The number of aryl methyl sites for hydroxylation is 1. The van der Waals surface area contributed by atoms with E-state index in [1.807, 2.05) is 6.92 Å². The first kappa shape index (κ1) is 15.4. The van der Waals surface area contributed by atoms with Crippen LogP contribution in [0, 0.1) is 0 Å². The molecular weight excluding hydrogens is 336 g/mol. The fourth-order valence-electron chi connectivity index (χ4n) is 2.03. The number of aromatic nitrogens is 2. The van der Waals surface area contributed by atoms with E-state index in [0.717, 1.165) is 11.0 Å². The van der Waals surface area contributed by atoms with E-state index in [4.69, 9.17) is 0 Å². The molecule has 0 aliphatic carbocycles. The third-order valence-electron chi connectivity index (χ3n) is 3.08. The van der Waals surface area contributed by atoms with Crippen LogP contribution in [0.25, 0.3) is 0 Å². The number of ketones is 1. The first-order valence-corrected chi connectivity index (χ1v) is 7.42. The molecule has 2 rings (SSSR count). The summed E-state index contributed by atoms with van der Waals surface area (Å²) in [5.74, 6) is -0.282. The normalized spacial score (nSPS) is 10.6. The Labute approximate surface area is 130 Å². The van der Waals surface area contributed by atoms with Gasteiger partial charge in [0.25, 0.3) is 5.56 Å². The molecule has 1 heterocycles. The van der Waals surface area contributed by atoms with Crippen molar-refractivity contribution in [3.05, 3.63) is 67.4 Å². The Balaban J connectivity index is 2.38. The molecule has 6 heteroatoms. The van der Waals surface area contributed by atoms with Gasteiger partial charge in [0.1, 0.15) is 0 Å². The molecule has 1 aromatic heterocycles. The van der Waals surface area contributed by atoms with Gasteiger partial charge < -0.3 is 4.57 Å². The van der Waals surface area contributed by atoms with Crippen molar-refractivity contribution in [2.45, 2.75) is 26.4 Å². The van der Waals surface area contributed by atoms with E-state index in [2.05, 4.69) is 15.9 Å². The van der Waals surface area contributed by atoms with Crippen LogP contribution in [-0.4, -0.2) is 14.9 Å². The van der Waals surface area contributed by atoms with E-state index < -0.39 is 11.2 Å². The molecule has 0 fully saturated rings. The number of rotatable bonds is 5. The molecular formula is C15H15BrN2O3. The van der Waals surface area contributed by atoms with Gasteiger partial charge in [-0.05, 0) is 12.5 Å². The Morgan fingerprint density at radius 2 is 1.90 bits per heavy atom. The van der Waals surface area contributed by atoms with Crippen LogP contribution in [0.15, 0.2) is 50.6 Å². The molecule has 21 heavy (non-hydrogen) atoms. The van der Waals surface area contributed by atoms with Crippen LogP contribution in [0.3, 0.4) is 0 Å². The minimum absolute atomic E-state index is 0.259. The Hall–Kier alpha value is -1.95. The van der Waals surface area contributed by atoms with Crippen molar-refractivity contribution in [2.75, 3.05) is 0 Å². The topological polar surface area (TPSA) is 61.1 Å². The van der Waals surface area contributed by atoms with Crippen LogP contribution in [0.2, 0.25) is 0 Å². The molecule has 0 aliphatic rings. The highest BCUT2D eigenvalue weighted by Crippen LogP contribution is 2.16. The van der Waals surface area contributed by atoms with Crippen LogP contribution in [-0.2, 0) is 13.1 Å². The summed E-state index contributed by atoms with van der Waals surface area (Å²) < 4.78 is 3.06. The molecule has 0 atom stereocenters. The molecule has 0 bridgehead atoms. The van der Waals surface area contributed by atoms with Crippen LogP contribution in [0.4, 0.5) is 0 Å². The standard InChI is InChI=1S/C15H15BrN2O3/c1-2-8-17-9-7-14(20)18(15(17)21)10-13(19)11-5-3-4-6-12(11)16/h3-7,9H,2,8,10H2,1H3. The van der Waals surface area contributed by atoms with Gasteiger partial charge >= 0.3 is 5.69 Å². The van der Waals surface area contributed by atoms with Crippen LogP contribution in [0.1, 0.15) is 23.7 Å². The highest BCUT2D eigenvalue weighted by molar-refractivity contribution is 9.10. The lowest BCUT2D eigenvalue weighted by atomic mass is 10.1. The van der Waals surface area contributed by atoms with Crippen LogP contribution < -0.4 is 11.2 Å². The van der Waals surface area contributed by atoms with Crippen molar-refractivity contribution < 1.29 is 4.79 Å². The maximum Gasteiger partial charge on any atom is 0.331 e. The first-order chi connectivity index (χ1) is 10.0. The average Bonchev–Trinajstić information content (AvgIpc) is 2.47. The molecule has 0 saturated heterocycles. The Morgan fingerprint density at radius 1 is 1.19 bits per heavy atom. The maximum atomic E-state index is 12.3. The van der Waals surface area contributed by atoms with Gasteiger partial charge in [-0.3, -0.25) is 14.2 Å². The fourth-order valence-corrected chi connectivity index (χ4v) is 2.54. The van der Waals surface area contributed by atoms with E-state index in [9.17, 15) is 14.4 Å². The van der Waals surface area contributed by atoms with Gasteiger partial charge in [0.15, 0.2) is 5.78 Å². The monoisotopic (exact) mass is 350 g/mol. The Morgan fingerprint density at radius 3 is 2.57 bits per heavy atom. The minimum atomic E-state index is -0.465. The van der Waals surface area contributed by atoms with Crippen molar-refractivity contribution in [1.29, 1.82) is 0 Å². The summed E-state index contributed by atoms with van der Waals surface area (Å²) in [5.41, 5.74) is -0.466. The summed E-state index contributed by atoms with van der Waals surface area (Å²) in [5, 5.41) is 0. The average molecular weight is 351 g/mol. The number of nitrogens with zero attached hydrogens (tertiary/aromatic N) is 2. The van der Waals surface area contributed by atoms with Crippen molar-refractivity contribution in [2.24, 2.45) is 0 Å². The summed E-state index contributed by atoms with van der Waals surface area (Å²) in [4.78, 5) is 36.3. The second-order valence-electron chi connectivity index (χ2n) is 4.62. The highest BCUT2D eigenvalue weighted by Gasteiger charge is 2.13. The lowest BCUT2D eigenvalue weighted by molar-refractivity contribution is 0.0967. The molecule has 5 nitrogen and oxygen atoms in total. The molecule has 110 valence electrons. The van der Waals surface area contributed by atoms with E-state index in [-0.39, 0.29) is 12.3 Å². The molecule has 1 aromatic carbocycles. The van der Waals surface area contributed by atoms with Gasteiger partial charge in [-0.2, -0.15) is 0 Å². The lowest BCUT2D eigenvalue weighted by Gasteiger charge is -2.09. The van der Waals surface area contributed by atoms with Gasteiger partial charge in [0, 0.05) is 28.8 Å². The van der Waals surface area contributed by atoms with Gasteiger partial charge in [0.2, 0.25) is 0 Å². The van der Waals surface area contributed by atoms with Gasteiger partial charge in [-0.1, -0.05) is 41.1 Å². The summed E-state index contributed by atoms with van der Waals surface area (Å²) in [6, 6.07) is 8.25. The first-order valence-electron chi connectivity index (χ1n) is 6.62. The molecule has 0 radical (unpaired) electrons. The predicted octanol–water partition coefficient (Wildman–Crippen LogP) is 2.07. The molecule has 0 aliphatic heterocycles. The van der Waals surface area contributed by atoms with Crippen molar-refractivity contribution >= 4 is 21.7 Å². The molecule has 2 aromatic rings. The van der Waals surface area contributed by atoms with Crippen molar-refractivity contribution in [1.82, 2.24) is 9.13 Å². The summed E-state index contributed by atoms with van der Waals surface area (Å²) in [7, 11) is 0. The van der Waals surface area contributed by atoms with Crippen LogP contribution in [0.5, 0.6) is 0 Å². The number of benzene rings is 1. The van der Waals surface area contributed by atoms with E-state index in [1.54, 1.807) is 24.3 Å². The number of hydrogen-bond donors (Lipinski definition) is 0. The zero-order valence-electron chi connectivity index (χ0n) is 11.6. The Bertz CT molecular complexity index is 777. The SMILES string of the molecule is CCCn1ccc(=O)n(CC(=O)c2ccccc2Br)c1=O. The number of carbonyl (C=O) groups excluding carboxylic acids is 1. The van der Waals surface area contributed by atoms with Gasteiger partial charge in [0.05, 0.1) is 6.54 Å². The Kier molecular flexibility index (Phi) is 4.90. The van der Waals surface area contributed by atoms with E-state index >= 15 is 0 Å². The quantitative estimate of drug-likeness (QED) is 0.775. The summed E-state index contributed by atoms with van der Waals surface area (Å²) >= 11 is 3.30. The lowest BCUT2D eigenvalue weighted by Crippen LogP contribution is -2.40. The third kappa shape index (κ3) is 3.39. The number of carbonyl (C=O) groups is 1. The number of Topliss-reactive ketones (excluding diaryl/α,β-unsaturated/α-hetero) is 1. The molecule has 0 N–H and O–H groups in total. The van der Waals surface area contributed by atoms with Crippen molar-refractivity contribution in [3.63, 3.8) is 0 Å². The van der Waals surface area contributed by atoms with E-state index in [0.29, 0.717) is 16.6 Å². The van der Waals surface area contributed by atoms with E-state index in [1.165, 1.54) is 16.8 Å². The van der Waals surface area contributed by atoms with Gasteiger partial charge in [-0.15, -0.1) is 0 Å². The number of halogens is 1. The number of hydrogen-bond acceptors (Lipinski definition) is 3. The smallest absolute Gasteiger partial charge is 0.300 e. The zero-order chi connectivity index (χ0) is 15.4. The van der Waals surface area contributed by atoms with Crippen molar-refractivity contribution in [3.8, 4) is 0 Å².